The molecule has 2 aromatic carbocycles. The molecule has 0 atom stereocenters. The van der Waals surface area contributed by atoms with Crippen LogP contribution in [0.3, 0.4) is 0 Å². The van der Waals surface area contributed by atoms with Crippen LogP contribution in [0, 0.1) is 0 Å². The third kappa shape index (κ3) is 5.21. The number of aryl methyl sites for hydroxylation is 1. The van der Waals surface area contributed by atoms with Crippen LogP contribution in [0.15, 0.2) is 61.2 Å². The highest BCUT2D eigenvalue weighted by atomic mass is 16.7. The van der Waals surface area contributed by atoms with Gasteiger partial charge in [0, 0.05) is 30.9 Å². The average molecular weight is 381 g/mol. The first-order valence-electron chi connectivity index (χ1n) is 10.5. The van der Waals surface area contributed by atoms with Crippen LogP contribution >= 0.6 is 0 Å². The summed E-state index contributed by atoms with van der Waals surface area (Å²) in [5.41, 5.74) is 1.10. The van der Waals surface area contributed by atoms with E-state index >= 15 is 0 Å². The number of ether oxygens (including phenoxy) is 2. The second-order valence-corrected chi connectivity index (χ2v) is 7.27. The fourth-order valence-corrected chi connectivity index (χ4v) is 3.38. The quantitative estimate of drug-likeness (QED) is 0.289. The van der Waals surface area contributed by atoms with Crippen molar-refractivity contribution >= 4 is 10.8 Å². The second-order valence-electron chi connectivity index (χ2n) is 7.27. The predicted octanol–water partition coefficient (Wildman–Crippen LogP) is 5.91. The predicted molar refractivity (Wildman–Crippen MR) is 114 cm³/mol. The summed E-state index contributed by atoms with van der Waals surface area (Å²) in [4.78, 5) is 4.17. The number of imidazole rings is 1. The molecule has 0 saturated heterocycles. The van der Waals surface area contributed by atoms with Gasteiger partial charge < -0.3 is 14.0 Å². The molecule has 0 aliphatic heterocycles. The standard InChI is InChI=1S/C24H32N2O2/c1-3-5-17-27-24(28-18-6-4-2,13-15-26-16-14-25-20-26)23-12-11-21-9-7-8-10-22(21)19-23/h7-12,14,16,19-20H,3-6,13,15,17-18H2,1-2H3. The van der Waals surface area contributed by atoms with Crippen LogP contribution in [0.2, 0.25) is 0 Å². The first-order chi connectivity index (χ1) is 13.8. The molecule has 0 bridgehead atoms. The molecule has 1 heterocycles. The molecule has 3 rings (SSSR count). The summed E-state index contributed by atoms with van der Waals surface area (Å²) in [6, 6.07) is 15.0. The Labute approximate surface area is 168 Å². The van der Waals surface area contributed by atoms with Crippen molar-refractivity contribution in [3.8, 4) is 0 Å². The van der Waals surface area contributed by atoms with E-state index in [9.17, 15) is 0 Å². The maximum absolute atomic E-state index is 6.49. The van der Waals surface area contributed by atoms with Crippen molar-refractivity contribution in [1.29, 1.82) is 0 Å². The number of benzene rings is 2. The molecule has 0 radical (unpaired) electrons. The number of aromatic nitrogens is 2. The van der Waals surface area contributed by atoms with Gasteiger partial charge in [-0.3, -0.25) is 0 Å². The van der Waals surface area contributed by atoms with Crippen molar-refractivity contribution in [2.24, 2.45) is 0 Å². The highest BCUT2D eigenvalue weighted by Gasteiger charge is 2.34. The van der Waals surface area contributed by atoms with Crippen LogP contribution < -0.4 is 0 Å². The molecular formula is C24H32N2O2. The number of hydrogen-bond acceptors (Lipinski definition) is 3. The Bertz CT molecular complexity index is 820. The van der Waals surface area contributed by atoms with Crippen molar-refractivity contribution in [3.05, 3.63) is 66.7 Å². The summed E-state index contributed by atoms with van der Waals surface area (Å²) in [5, 5.41) is 2.45. The third-order valence-electron chi connectivity index (χ3n) is 5.11. The largest absolute Gasteiger partial charge is 0.346 e. The van der Waals surface area contributed by atoms with E-state index in [4.69, 9.17) is 9.47 Å². The maximum Gasteiger partial charge on any atom is 0.196 e. The van der Waals surface area contributed by atoms with E-state index in [1.165, 1.54) is 10.8 Å². The van der Waals surface area contributed by atoms with Gasteiger partial charge >= 0.3 is 0 Å². The Hall–Kier alpha value is -2.17. The molecule has 4 heteroatoms. The topological polar surface area (TPSA) is 36.3 Å². The minimum Gasteiger partial charge on any atom is -0.346 e. The van der Waals surface area contributed by atoms with Gasteiger partial charge in [0.1, 0.15) is 0 Å². The zero-order valence-electron chi connectivity index (χ0n) is 17.1. The number of nitrogens with zero attached hydrogens (tertiary/aromatic N) is 2. The van der Waals surface area contributed by atoms with Gasteiger partial charge in [0.05, 0.1) is 19.5 Å². The lowest BCUT2D eigenvalue weighted by Gasteiger charge is -2.35. The molecule has 150 valence electrons. The summed E-state index contributed by atoms with van der Waals surface area (Å²) in [6.45, 7) is 6.55. The molecule has 28 heavy (non-hydrogen) atoms. The Morgan fingerprint density at radius 1 is 0.929 bits per heavy atom. The lowest BCUT2D eigenvalue weighted by molar-refractivity contribution is -0.253. The molecule has 0 aliphatic carbocycles. The molecule has 3 aromatic rings. The van der Waals surface area contributed by atoms with E-state index in [0.717, 1.165) is 44.2 Å². The molecular weight excluding hydrogens is 348 g/mol. The summed E-state index contributed by atoms with van der Waals surface area (Å²) in [5.74, 6) is -0.737. The van der Waals surface area contributed by atoms with E-state index < -0.39 is 5.79 Å². The lowest BCUT2D eigenvalue weighted by Crippen LogP contribution is -2.35. The molecule has 4 nitrogen and oxygen atoms in total. The van der Waals surface area contributed by atoms with Crippen LogP contribution in [0.5, 0.6) is 0 Å². The minimum absolute atomic E-state index is 0.694. The molecule has 0 fully saturated rings. The Morgan fingerprint density at radius 2 is 1.64 bits per heavy atom. The van der Waals surface area contributed by atoms with Gasteiger partial charge in [-0.25, -0.2) is 4.98 Å². The first kappa shape index (κ1) is 20.6. The van der Waals surface area contributed by atoms with E-state index in [-0.39, 0.29) is 0 Å². The van der Waals surface area contributed by atoms with Gasteiger partial charge in [-0.15, -0.1) is 0 Å². The monoisotopic (exact) mass is 380 g/mol. The van der Waals surface area contributed by atoms with E-state index in [1.807, 2.05) is 18.7 Å². The van der Waals surface area contributed by atoms with Crippen molar-refractivity contribution < 1.29 is 9.47 Å². The van der Waals surface area contributed by atoms with E-state index in [0.29, 0.717) is 13.2 Å². The van der Waals surface area contributed by atoms with Crippen LogP contribution in [0.1, 0.15) is 51.5 Å². The minimum atomic E-state index is -0.737. The van der Waals surface area contributed by atoms with Crippen LogP contribution in [0.4, 0.5) is 0 Å². The fourth-order valence-electron chi connectivity index (χ4n) is 3.38. The summed E-state index contributed by atoms with van der Waals surface area (Å²) in [7, 11) is 0. The Kier molecular flexibility index (Phi) is 7.63. The van der Waals surface area contributed by atoms with E-state index in [1.54, 1.807) is 0 Å². The van der Waals surface area contributed by atoms with Crippen molar-refractivity contribution in [2.75, 3.05) is 13.2 Å². The molecule has 0 unspecified atom stereocenters. The van der Waals surface area contributed by atoms with Crippen LogP contribution in [0.25, 0.3) is 10.8 Å². The van der Waals surface area contributed by atoms with Crippen LogP contribution in [-0.4, -0.2) is 22.8 Å². The zero-order chi connectivity index (χ0) is 19.7. The summed E-state index contributed by atoms with van der Waals surface area (Å²) < 4.78 is 15.1. The smallest absolute Gasteiger partial charge is 0.196 e. The van der Waals surface area contributed by atoms with Gasteiger partial charge in [0.15, 0.2) is 5.79 Å². The second kappa shape index (κ2) is 10.4. The van der Waals surface area contributed by atoms with Gasteiger partial charge in [-0.2, -0.15) is 0 Å². The normalized spacial score (nSPS) is 11.9. The summed E-state index contributed by atoms with van der Waals surface area (Å²) in [6.07, 6.45) is 10.7. The van der Waals surface area contributed by atoms with Gasteiger partial charge in [0.2, 0.25) is 0 Å². The number of unbranched alkanes of at least 4 members (excludes halogenated alkanes) is 2. The number of rotatable bonds is 12. The van der Waals surface area contributed by atoms with Crippen molar-refractivity contribution in [1.82, 2.24) is 9.55 Å². The van der Waals surface area contributed by atoms with Gasteiger partial charge in [0.25, 0.3) is 0 Å². The zero-order valence-corrected chi connectivity index (χ0v) is 17.1. The lowest BCUT2D eigenvalue weighted by atomic mass is 9.98. The fraction of sp³-hybridized carbons (Fsp3) is 0.458. The maximum atomic E-state index is 6.49. The van der Waals surface area contributed by atoms with Crippen molar-refractivity contribution in [3.63, 3.8) is 0 Å². The van der Waals surface area contributed by atoms with Gasteiger partial charge in [-0.1, -0.05) is 63.1 Å². The molecule has 0 aliphatic rings. The van der Waals surface area contributed by atoms with Crippen molar-refractivity contribution in [2.45, 2.75) is 58.3 Å². The third-order valence-corrected chi connectivity index (χ3v) is 5.11. The molecule has 1 aromatic heterocycles. The van der Waals surface area contributed by atoms with Gasteiger partial charge in [-0.05, 0) is 29.7 Å². The highest BCUT2D eigenvalue weighted by molar-refractivity contribution is 5.83. The number of hydrogen-bond donors (Lipinski definition) is 0. The first-order valence-corrected chi connectivity index (χ1v) is 10.5. The Morgan fingerprint density at radius 3 is 2.29 bits per heavy atom. The molecule has 0 amide bonds. The Balaban J connectivity index is 1.93. The highest BCUT2D eigenvalue weighted by Crippen LogP contribution is 2.34. The average Bonchev–Trinajstić information content (AvgIpc) is 3.25. The molecule has 0 N–H and O–H groups in total. The number of fused-ring (bicyclic) bond motifs is 1. The van der Waals surface area contributed by atoms with Crippen LogP contribution in [-0.2, 0) is 21.8 Å². The molecule has 0 saturated carbocycles. The molecule has 0 spiro atoms. The summed E-state index contributed by atoms with van der Waals surface area (Å²) >= 11 is 0. The van der Waals surface area contributed by atoms with E-state index in [2.05, 4.69) is 65.9 Å². The SMILES string of the molecule is CCCCOC(CCn1ccnc1)(OCCCC)c1ccc2ccccc2c1.